The Morgan fingerprint density at radius 3 is 2.88 bits per heavy atom. The van der Waals surface area contributed by atoms with Crippen molar-refractivity contribution in [2.24, 2.45) is 5.92 Å². The molecule has 1 atom stereocenters. The normalized spacial score (nSPS) is 16.1. The number of hydrogen-bond acceptors (Lipinski definition) is 2. The minimum Gasteiger partial charge on any atom is -0.346 e. The summed E-state index contributed by atoms with van der Waals surface area (Å²) in [5.74, 6) is 0.402. The van der Waals surface area contributed by atoms with E-state index in [9.17, 15) is 4.79 Å². The second-order valence-electron chi connectivity index (χ2n) is 6.35. The Hall–Kier alpha value is -2.62. The lowest BCUT2D eigenvalue weighted by molar-refractivity contribution is -0.120. The molecule has 1 heterocycles. The molecule has 1 aliphatic rings. The number of H-pyrrole nitrogens is 1. The zero-order valence-corrected chi connectivity index (χ0v) is 15.0. The molecule has 4 nitrogen and oxygen atoms in total. The van der Waals surface area contributed by atoms with Crippen LogP contribution in [-0.2, 0) is 4.79 Å². The van der Waals surface area contributed by atoms with Crippen LogP contribution in [-0.4, -0.2) is 15.9 Å². The van der Waals surface area contributed by atoms with Gasteiger partial charge in [0, 0.05) is 6.42 Å². The van der Waals surface area contributed by atoms with Gasteiger partial charge in [0.25, 0.3) is 0 Å². The molecular formula is C21H27N3O. The number of amides is 1. The highest BCUT2D eigenvalue weighted by atomic mass is 16.1. The predicted octanol–water partition coefficient (Wildman–Crippen LogP) is 4.56. The average molecular weight is 337 g/mol. The Bertz CT molecular complexity index is 691. The minimum atomic E-state index is -0.185. The van der Waals surface area contributed by atoms with E-state index in [1.807, 2.05) is 24.3 Å². The van der Waals surface area contributed by atoms with Crippen molar-refractivity contribution in [3.8, 4) is 0 Å². The van der Waals surface area contributed by atoms with Gasteiger partial charge >= 0.3 is 0 Å². The summed E-state index contributed by atoms with van der Waals surface area (Å²) in [4.78, 5) is 19.5. The van der Waals surface area contributed by atoms with Gasteiger partial charge in [-0.05, 0) is 29.9 Å². The van der Waals surface area contributed by atoms with E-state index in [2.05, 4.69) is 53.9 Å². The van der Waals surface area contributed by atoms with E-state index in [1.54, 1.807) is 12.5 Å². The fourth-order valence-corrected chi connectivity index (χ4v) is 2.68. The lowest BCUT2D eigenvalue weighted by Crippen LogP contribution is -2.29. The van der Waals surface area contributed by atoms with Crippen LogP contribution in [0.1, 0.15) is 44.8 Å². The highest BCUT2D eigenvalue weighted by Crippen LogP contribution is 2.24. The van der Waals surface area contributed by atoms with Crippen molar-refractivity contribution in [2.75, 3.05) is 0 Å². The number of aromatic amines is 1. The molecule has 0 saturated heterocycles. The number of allylic oxidation sites excluding steroid dienone is 6. The third-order valence-electron chi connectivity index (χ3n) is 4.12. The van der Waals surface area contributed by atoms with Crippen LogP contribution in [0.5, 0.6) is 0 Å². The van der Waals surface area contributed by atoms with Crippen molar-refractivity contribution in [1.82, 2.24) is 15.3 Å². The van der Waals surface area contributed by atoms with E-state index in [0.29, 0.717) is 12.3 Å². The van der Waals surface area contributed by atoms with Crippen LogP contribution in [0, 0.1) is 5.92 Å². The van der Waals surface area contributed by atoms with E-state index in [1.165, 1.54) is 0 Å². The SMILES string of the molecule is C=C/C(=C\C=C\CC(=O)NC(C1=CCCC=C1)c1cnc[nH]1)C(C)C. The van der Waals surface area contributed by atoms with E-state index < -0.39 is 0 Å². The van der Waals surface area contributed by atoms with Gasteiger partial charge in [0.1, 0.15) is 0 Å². The molecule has 0 aromatic carbocycles. The summed E-state index contributed by atoms with van der Waals surface area (Å²) >= 11 is 0. The van der Waals surface area contributed by atoms with E-state index in [-0.39, 0.29) is 11.9 Å². The third-order valence-corrected chi connectivity index (χ3v) is 4.12. The monoisotopic (exact) mass is 337 g/mol. The Morgan fingerprint density at radius 1 is 1.44 bits per heavy atom. The van der Waals surface area contributed by atoms with Crippen LogP contribution < -0.4 is 5.32 Å². The highest BCUT2D eigenvalue weighted by molar-refractivity contribution is 5.78. The molecule has 132 valence electrons. The zero-order chi connectivity index (χ0) is 18.1. The summed E-state index contributed by atoms with van der Waals surface area (Å²) in [7, 11) is 0. The number of imidazole rings is 1. The minimum absolute atomic E-state index is 0.0196. The highest BCUT2D eigenvalue weighted by Gasteiger charge is 2.19. The number of rotatable bonds is 8. The first-order valence-electron chi connectivity index (χ1n) is 8.75. The van der Waals surface area contributed by atoms with Gasteiger partial charge < -0.3 is 10.3 Å². The van der Waals surface area contributed by atoms with E-state index in [4.69, 9.17) is 0 Å². The lowest BCUT2D eigenvalue weighted by Gasteiger charge is -2.20. The number of aromatic nitrogens is 2. The number of nitrogens with zero attached hydrogens (tertiary/aromatic N) is 1. The van der Waals surface area contributed by atoms with Gasteiger partial charge in [-0.15, -0.1) is 0 Å². The lowest BCUT2D eigenvalue weighted by atomic mass is 9.98. The second kappa shape index (κ2) is 9.62. The summed E-state index contributed by atoms with van der Waals surface area (Å²) in [5, 5.41) is 3.09. The van der Waals surface area contributed by atoms with Gasteiger partial charge in [-0.2, -0.15) is 0 Å². The molecule has 0 fully saturated rings. The third kappa shape index (κ3) is 5.75. The Morgan fingerprint density at radius 2 is 2.28 bits per heavy atom. The van der Waals surface area contributed by atoms with Crippen LogP contribution in [0.4, 0.5) is 0 Å². The molecule has 2 N–H and O–H groups in total. The molecule has 0 saturated carbocycles. The summed E-state index contributed by atoms with van der Waals surface area (Å²) in [6.45, 7) is 8.05. The van der Waals surface area contributed by atoms with Gasteiger partial charge in [0.15, 0.2) is 0 Å². The topological polar surface area (TPSA) is 57.8 Å². The number of hydrogen-bond donors (Lipinski definition) is 2. The van der Waals surface area contributed by atoms with Gasteiger partial charge in [-0.25, -0.2) is 4.98 Å². The first kappa shape index (κ1) is 18.7. The zero-order valence-electron chi connectivity index (χ0n) is 15.0. The number of carbonyl (C=O) groups excluding carboxylic acids is 1. The largest absolute Gasteiger partial charge is 0.346 e. The van der Waals surface area contributed by atoms with E-state index in [0.717, 1.165) is 29.7 Å². The van der Waals surface area contributed by atoms with Gasteiger partial charge in [-0.1, -0.05) is 63.0 Å². The van der Waals surface area contributed by atoms with Crippen LogP contribution in [0.25, 0.3) is 0 Å². The molecule has 0 bridgehead atoms. The van der Waals surface area contributed by atoms with Crippen LogP contribution in [0.15, 0.2) is 72.8 Å². The van der Waals surface area contributed by atoms with Crippen molar-refractivity contribution < 1.29 is 4.79 Å². The standard InChI is InChI=1S/C21H27N3O/c1-4-17(16(2)3)10-8-9-13-20(25)24-21(19-14-22-15-23-19)18-11-6-5-7-12-18/h4,6,8-12,14-16,21H,1,5,7,13H2,2-3H3,(H,22,23)(H,24,25)/b9-8+,17-10+. The van der Waals surface area contributed by atoms with Crippen LogP contribution in [0.2, 0.25) is 0 Å². The fraction of sp³-hybridized carbons (Fsp3) is 0.333. The Labute approximate surface area is 150 Å². The van der Waals surface area contributed by atoms with Gasteiger partial charge in [0.2, 0.25) is 5.91 Å². The van der Waals surface area contributed by atoms with Gasteiger partial charge in [0.05, 0.1) is 24.3 Å². The first-order chi connectivity index (χ1) is 12.1. The number of nitrogens with one attached hydrogen (secondary N) is 2. The molecule has 1 unspecified atom stereocenters. The molecule has 1 aromatic rings. The van der Waals surface area contributed by atoms with Crippen molar-refractivity contribution in [2.45, 2.75) is 39.2 Å². The smallest absolute Gasteiger partial charge is 0.224 e. The summed E-state index contributed by atoms with van der Waals surface area (Å²) in [5.41, 5.74) is 3.15. The summed E-state index contributed by atoms with van der Waals surface area (Å²) < 4.78 is 0. The Balaban J connectivity index is 1.99. The maximum Gasteiger partial charge on any atom is 0.224 e. The fourth-order valence-electron chi connectivity index (χ4n) is 2.68. The first-order valence-corrected chi connectivity index (χ1v) is 8.75. The number of carbonyl (C=O) groups is 1. The molecule has 0 radical (unpaired) electrons. The molecule has 1 aromatic heterocycles. The van der Waals surface area contributed by atoms with Crippen molar-refractivity contribution in [1.29, 1.82) is 0 Å². The molecule has 0 aliphatic heterocycles. The van der Waals surface area contributed by atoms with E-state index >= 15 is 0 Å². The molecule has 1 aliphatic carbocycles. The maximum atomic E-state index is 12.4. The maximum absolute atomic E-state index is 12.4. The van der Waals surface area contributed by atoms with Crippen LogP contribution in [0.3, 0.4) is 0 Å². The average Bonchev–Trinajstić information content (AvgIpc) is 3.14. The summed E-state index contributed by atoms with van der Waals surface area (Å²) in [6, 6.07) is -0.185. The molecule has 4 heteroatoms. The van der Waals surface area contributed by atoms with Crippen molar-refractivity contribution in [3.63, 3.8) is 0 Å². The van der Waals surface area contributed by atoms with Crippen molar-refractivity contribution in [3.05, 3.63) is 78.5 Å². The molecule has 25 heavy (non-hydrogen) atoms. The van der Waals surface area contributed by atoms with Gasteiger partial charge in [-0.3, -0.25) is 4.79 Å². The molecule has 2 rings (SSSR count). The predicted molar refractivity (Wildman–Crippen MR) is 103 cm³/mol. The summed E-state index contributed by atoms with van der Waals surface area (Å²) in [6.07, 6.45) is 19.8. The van der Waals surface area contributed by atoms with Crippen LogP contribution >= 0.6 is 0 Å². The molecular weight excluding hydrogens is 310 g/mol. The molecule has 1 amide bonds. The quantitative estimate of drug-likeness (QED) is 0.683. The van der Waals surface area contributed by atoms with Crippen molar-refractivity contribution >= 4 is 5.91 Å². The molecule has 0 spiro atoms. The Kier molecular flexibility index (Phi) is 7.20. The second-order valence-corrected chi connectivity index (χ2v) is 6.35.